The van der Waals surface area contributed by atoms with Gasteiger partial charge in [0.15, 0.2) is 0 Å². The minimum atomic E-state index is -0.693. The number of rotatable bonds is 2. The van der Waals surface area contributed by atoms with E-state index in [1.165, 1.54) is 0 Å². The second-order valence-corrected chi connectivity index (χ2v) is 2.30. The summed E-state index contributed by atoms with van der Waals surface area (Å²) in [6, 6.07) is -0.0620. The van der Waals surface area contributed by atoms with Gasteiger partial charge in [-0.2, -0.15) is 0 Å². The van der Waals surface area contributed by atoms with E-state index in [1.54, 1.807) is 0 Å². The Morgan fingerprint density at radius 1 is 2.00 bits per heavy atom. The number of aliphatic imine (C=N–C) groups is 1. The highest BCUT2D eigenvalue weighted by Crippen LogP contribution is 2.33. The second-order valence-electron chi connectivity index (χ2n) is 2.30. The van der Waals surface area contributed by atoms with Crippen molar-refractivity contribution in [2.45, 2.75) is 18.1 Å². The molecular weight excluding hydrogens is 104 g/mol. The zero-order valence-electron chi connectivity index (χ0n) is 4.67. The molecular formula is C5H10N2O. The quantitative estimate of drug-likeness (QED) is 0.459. The van der Waals surface area contributed by atoms with Gasteiger partial charge in [-0.05, 0) is 13.1 Å². The van der Waals surface area contributed by atoms with Crippen molar-refractivity contribution >= 4 is 6.72 Å². The molecule has 2 atom stereocenters. The van der Waals surface area contributed by atoms with Crippen molar-refractivity contribution in [2.75, 3.05) is 6.54 Å². The fraction of sp³-hybridized carbons (Fsp3) is 0.800. The Kier molecular flexibility index (Phi) is 1.10. The first-order valence-corrected chi connectivity index (χ1v) is 2.59. The highest BCUT2D eigenvalue weighted by molar-refractivity contribution is 5.25. The predicted octanol–water partition coefficient (Wildman–Crippen LogP) is -0.851. The van der Waals surface area contributed by atoms with Crippen molar-refractivity contribution in [3.63, 3.8) is 0 Å². The van der Waals surface area contributed by atoms with Gasteiger partial charge in [-0.25, -0.2) is 0 Å². The monoisotopic (exact) mass is 114 g/mol. The van der Waals surface area contributed by atoms with Crippen molar-refractivity contribution in [1.82, 2.24) is 0 Å². The third-order valence-electron chi connectivity index (χ3n) is 1.49. The van der Waals surface area contributed by atoms with Crippen LogP contribution in [0.3, 0.4) is 0 Å². The third-order valence-corrected chi connectivity index (χ3v) is 1.49. The lowest BCUT2D eigenvalue weighted by Crippen LogP contribution is -2.22. The predicted molar refractivity (Wildman–Crippen MR) is 32.0 cm³/mol. The summed E-state index contributed by atoms with van der Waals surface area (Å²) in [5.74, 6) is 0. The van der Waals surface area contributed by atoms with Crippen LogP contribution in [0.5, 0.6) is 0 Å². The number of nitrogens with two attached hydrogens (primary N) is 1. The van der Waals surface area contributed by atoms with E-state index in [-0.39, 0.29) is 6.04 Å². The molecule has 3 nitrogen and oxygen atoms in total. The molecule has 0 aromatic carbocycles. The van der Waals surface area contributed by atoms with E-state index in [1.807, 2.05) is 0 Å². The molecule has 1 saturated carbocycles. The van der Waals surface area contributed by atoms with Crippen LogP contribution < -0.4 is 5.73 Å². The van der Waals surface area contributed by atoms with E-state index in [9.17, 15) is 0 Å². The molecule has 0 aromatic heterocycles. The smallest absolute Gasteiger partial charge is 0.101 e. The van der Waals surface area contributed by atoms with Crippen molar-refractivity contribution in [3.8, 4) is 0 Å². The molecule has 3 heteroatoms. The molecule has 1 fully saturated rings. The van der Waals surface area contributed by atoms with Crippen LogP contribution in [-0.2, 0) is 0 Å². The summed E-state index contributed by atoms with van der Waals surface area (Å²) in [4.78, 5) is 3.54. The first-order valence-electron chi connectivity index (χ1n) is 2.59. The van der Waals surface area contributed by atoms with Crippen LogP contribution in [0, 0.1) is 0 Å². The highest BCUT2D eigenvalue weighted by Gasteiger charge is 2.50. The molecule has 0 spiro atoms. The molecule has 0 aliphatic heterocycles. The first-order chi connectivity index (χ1) is 3.69. The summed E-state index contributed by atoms with van der Waals surface area (Å²) in [5.41, 5.74) is 4.66. The zero-order chi connectivity index (χ0) is 6.20. The third kappa shape index (κ3) is 0.743. The standard InChI is InChI=1S/C5H10N2O/c1-7-3-5(8)2-4(5)6/h4,8H,1-3,6H2/t4-,5?/m1/s1. The summed E-state index contributed by atoms with van der Waals surface area (Å²) in [6.45, 7) is 3.64. The SMILES string of the molecule is C=NCC1(O)C[C@H]1N. The molecule has 0 saturated heterocycles. The van der Waals surface area contributed by atoms with Gasteiger partial charge in [-0.1, -0.05) is 0 Å². The van der Waals surface area contributed by atoms with Gasteiger partial charge in [0, 0.05) is 6.04 Å². The van der Waals surface area contributed by atoms with Gasteiger partial charge in [0.1, 0.15) is 5.60 Å². The van der Waals surface area contributed by atoms with Crippen molar-refractivity contribution < 1.29 is 5.11 Å². The van der Waals surface area contributed by atoms with Gasteiger partial charge < -0.3 is 10.8 Å². The fourth-order valence-electron chi connectivity index (χ4n) is 0.697. The Labute approximate surface area is 48.2 Å². The molecule has 1 aliphatic rings. The number of nitrogens with zero attached hydrogens (tertiary/aromatic N) is 1. The Hall–Kier alpha value is -0.410. The van der Waals surface area contributed by atoms with Crippen LogP contribution in [0.25, 0.3) is 0 Å². The van der Waals surface area contributed by atoms with Crippen molar-refractivity contribution in [1.29, 1.82) is 0 Å². The summed E-state index contributed by atoms with van der Waals surface area (Å²) in [6.07, 6.45) is 0.673. The lowest BCUT2D eigenvalue weighted by molar-refractivity contribution is 0.153. The molecule has 0 aromatic rings. The zero-order valence-corrected chi connectivity index (χ0v) is 4.67. The molecule has 0 radical (unpaired) electrons. The molecule has 0 heterocycles. The summed E-state index contributed by atoms with van der Waals surface area (Å²) in [7, 11) is 0. The van der Waals surface area contributed by atoms with Crippen molar-refractivity contribution in [2.24, 2.45) is 10.7 Å². The minimum absolute atomic E-state index is 0.0620. The van der Waals surface area contributed by atoms with E-state index >= 15 is 0 Å². The molecule has 0 amide bonds. The van der Waals surface area contributed by atoms with Gasteiger partial charge in [0.2, 0.25) is 0 Å². The first kappa shape index (κ1) is 5.72. The van der Waals surface area contributed by atoms with Gasteiger partial charge in [0.05, 0.1) is 6.54 Å². The largest absolute Gasteiger partial charge is 0.386 e. The lowest BCUT2D eigenvalue weighted by atomic mass is 10.3. The van der Waals surface area contributed by atoms with Crippen LogP contribution >= 0.6 is 0 Å². The normalized spacial score (nSPS) is 44.0. The molecule has 46 valence electrons. The summed E-state index contributed by atoms with van der Waals surface area (Å²) >= 11 is 0. The fourth-order valence-corrected chi connectivity index (χ4v) is 0.697. The van der Waals surface area contributed by atoms with E-state index in [0.29, 0.717) is 13.0 Å². The lowest BCUT2D eigenvalue weighted by Gasteiger charge is -2.00. The number of hydrogen-bond acceptors (Lipinski definition) is 3. The average Bonchev–Trinajstić information content (AvgIpc) is 2.16. The number of hydrogen-bond donors (Lipinski definition) is 2. The Morgan fingerprint density at radius 3 is 2.62 bits per heavy atom. The Bertz CT molecular complexity index is 115. The van der Waals surface area contributed by atoms with Crippen LogP contribution in [-0.4, -0.2) is 30.0 Å². The maximum absolute atomic E-state index is 9.14. The maximum Gasteiger partial charge on any atom is 0.101 e. The molecule has 1 unspecified atom stereocenters. The van der Waals surface area contributed by atoms with Gasteiger partial charge >= 0.3 is 0 Å². The van der Waals surface area contributed by atoms with Crippen LogP contribution in [0.1, 0.15) is 6.42 Å². The molecule has 0 bridgehead atoms. The Morgan fingerprint density at radius 2 is 2.50 bits per heavy atom. The van der Waals surface area contributed by atoms with E-state index in [4.69, 9.17) is 10.8 Å². The maximum atomic E-state index is 9.14. The highest BCUT2D eigenvalue weighted by atomic mass is 16.3. The van der Waals surface area contributed by atoms with Crippen LogP contribution in [0.4, 0.5) is 0 Å². The summed E-state index contributed by atoms with van der Waals surface area (Å²) < 4.78 is 0. The van der Waals surface area contributed by atoms with E-state index in [0.717, 1.165) is 0 Å². The average molecular weight is 114 g/mol. The number of aliphatic hydroxyl groups is 1. The minimum Gasteiger partial charge on any atom is -0.386 e. The second kappa shape index (κ2) is 1.53. The molecule has 8 heavy (non-hydrogen) atoms. The molecule has 3 N–H and O–H groups in total. The van der Waals surface area contributed by atoms with E-state index in [2.05, 4.69) is 11.7 Å². The topological polar surface area (TPSA) is 58.6 Å². The van der Waals surface area contributed by atoms with Crippen LogP contribution in [0.15, 0.2) is 4.99 Å². The molecule has 1 aliphatic carbocycles. The Balaban J connectivity index is 2.35. The van der Waals surface area contributed by atoms with E-state index < -0.39 is 5.60 Å². The van der Waals surface area contributed by atoms with Crippen molar-refractivity contribution in [3.05, 3.63) is 0 Å². The van der Waals surface area contributed by atoms with Gasteiger partial charge in [-0.15, -0.1) is 0 Å². The van der Waals surface area contributed by atoms with Gasteiger partial charge in [-0.3, -0.25) is 4.99 Å². The summed E-state index contributed by atoms with van der Waals surface area (Å²) in [5, 5.41) is 9.14. The van der Waals surface area contributed by atoms with Crippen LogP contribution in [0.2, 0.25) is 0 Å². The van der Waals surface area contributed by atoms with Gasteiger partial charge in [0.25, 0.3) is 0 Å². The molecule has 1 rings (SSSR count).